The second-order valence-corrected chi connectivity index (χ2v) is 8.23. The van der Waals surface area contributed by atoms with Gasteiger partial charge < -0.3 is 16.0 Å². The zero-order valence-corrected chi connectivity index (χ0v) is 18.4. The molecule has 0 atom stereocenters. The molecule has 3 N–H and O–H groups in total. The van der Waals surface area contributed by atoms with E-state index in [9.17, 15) is 0 Å². The lowest BCUT2D eigenvalue weighted by Crippen LogP contribution is -2.46. The van der Waals surface area contributed by atoms with Gasteiger partial charge in [-0.1, -0.05) is 48.0 Å². The van der Waals surface area contributed by atoms with Gasteiger partial charge in [-0.05, 0) is 37.5 Å². The molecule has 31 heavy (non-hydrogen) atoms. The van der Waals surface area contributed by atoms with Crippen molar-refractivity contribution in [2.24, 2.45) is 0 Å². The Bertz CT molecular complexity index is 998. The van der Waals surface area contributed by atoms with Crippen LogP contribution in [0.15, 0.2) is 48.5 Å². The molecule has 162 valence electrons. The zero-order valence-electron chi connectivity index (χ0n) is 18.4. The topological polar surface area (TPSA) is 83.2 Å². The van der Waals surface area contributed by atoms with E-state index in [1.54, 1.807) is 0 Å². The van der Waals surface area contributed by atoms with Gasteiger partial charge in [-0.2, -0.15) is 15.0 Å². The monoisotopic (exact) mass is 417 g/mol. The Morgan fingerprint density at radius 1 is 0.903 bits per heavy atom. The molecule has 1 saturated heterocycles. The van der Waals surface area contributed by atoms with E-state index < -0.39 is 0 Å². The molecule has 0 bridgehead atoms. The Hall–Kier alpha value is -3.03. The summed E-state index contributed by atoms with van der Waals surface area (Å²) in [5, 5.41) is 3.29. The van der Waals surface area contributed by atoms with Crippen molar-refractivity contribution >= 4 is 17.6 Å². The van der Waals surface area contributed by atoms with Crippen molar-refractivity contribution in [2.45, 2.75) is 26.8 Å². The highest BCUT2D eigenvalue weighted by molar-refractivity contribution is 5.59. The molecule has 2 heterocycles. The van der Waals surface area contributed by atoms with Gasteiger partial charge in [0.05, 0.1) is 6.54 Å². The third-order valence-corrected chi connectivity index (χ3v) is 5.72. The molecular weight excluding hydrogens is 386 g/mol. The quantitative estimate of drug-likeness (QED) is 0.611. The molecule has 1 aromatic heterocycles. The molecule has 1 fully saturated rings. The maximum absolute atomic E-state index is 5.97. The van der Waals surface area contributed by atoms with Crippen molar-refractivity contribution in [3.63, 3.8) is 0 Å². The number of nitrogens with zero attached hydrogens (tertiary/aromatic N) is 5. The molecule has 0 amide bonds. The van der Waals surface area contributed by atoms with Crippen molar-refractivity contribution in [1.82, 2.24) is 24.8 Å². The van der Waals surface area contributed by atoms with Gasteiger partial charge in [0.1, 0.15) is 5.82 Å². The van der Waals surface area contributed by atoms with Crippen molar-refractivity contribution in [1.29, 1.82) is 0 Å². The Labute approximate surface area is 184 Å². The molecule has 7 heteroatoms. The number of aryl methyl sites for hydroxylation is 2. The molecule has 1 aliphatic heterocycles. The van der Waals surface area contributed by atoms with Gasteiger partial charge in [0.2, 0.25) is 11.9 Å². The summed E-state index contributed by atoms with van der Waals surface area (Å²) < 4.78 is 0. The van der Waals surface area contributed by atoms with Crippen LogP contribution in [0.1, 0.15) is 22.5 Å². The van der Waals surface area contributed by atoms with Crippen LogP contribution in [0.5, 0.6) is 0 Å². The lowest BCUT2D eigenvalue weighted by molar-refractivity contribution is 0.126. The Morgan fingerprint density at radius 2 is 1.65 bits per heavy atom. The molecule has 1 aliphatic rings. The summed E-state index contributed by atoms with van der Waals surface area (Å²) in [6.45, 7) is 10.0. The van der Waals surface area contributed by atoms with Crippen LogP contribution in [0.25, 0.3) is 0 Å². The van der Waals surface area contributed by atoms with Crippen molar-refractivity contribution < 1.29 is 0 Å². The standard InChI is InChI=1S/C24H31N7/c1-18-8-9-21(19(2)16-18)26-24-28-22(27-23(25)29-24)17-31-14-12-30(13-15-31)11-10-20-6-4-3-5-7-20/h3-9,16H,10-15,17H2,1-2H3,(H3,25,26,27,28,29). The SMILES string of the molecule is Cc1ccc(Nc2nc(N)nc(CN3CCN(CCc4ccccc4)CC3)n2)c(C)c1. The van der Waals surface area contributed by atoms with Crippen LogP contribution in [-0.4, -0.2) is 57.5 Å². The maximum atomic E-state index is 5.97. The summed E-state index contributed by atoms with van der Waals surface area (Å²) in [4.78, 5) is 18.2. The smallest absolute Gasteiger partial charge is 0.232 e. The van der Waals surface area contributed by atoms with E-state index in [-0.39, 0.29) is 5.95 Å². The summed E-state index contributed by atoms with van der Waals surface area (Å²) in [5.41, 5.74) is 10.7. The lowest BCUT2D eigenvalue weighted by Gasteiger charge is -2.34. The summed E-state index contributed by atoms with van der Waals surface area (Å²) in [6, 6.07) is 16.9. The zero-order chi connectivity index (χ0) is 21.6. The molecular formula is C24H31N7. The maximum Gasteiger partial charge on any atom is 0.232 e. The van der Waals surface area contributed by atoms with Gasteiger partial charge in [-0.25, -0.2) is 0 Å². The first-order valence-corrected chi connectivity index (χ1v) is 10.9. The van der Waals surface area contributed by atoms with Crippen LogP contribution in [0, 0.1) is 13.8 Å². The predicted octanol–water partition coefficient (Wildman–Crippen LogP) is 3.17. The van der Waals surface area contributed by atoms with Gasteiger partial charge in [-0.15, -0.1) is 0 Å². The minimum Gasteiger partial charge on any atom is -0.368 e. The van der Waals surface area contributed by atoms with Gasteiger partial charge in [0, 0.05) is 38.4 Å². The average Bonchev–Trinajstić information content (AvgIpc) is 2.76. The molecule has 2 aromatic carbocycles. The van der Waals surface area contributed by atoms with Crippen molar-refractivity contribution in [3.8, 4) is 0 Å². The van der Waals surface area contributed by atoms with Gasteiger partial charge in [0.25, 0.3) is 0 Å². The van der Waals surface area contributed by atoms with E-state index in [0.717, 1.165) is 50.4 Å². The van der Waals surface area contributed by atoms with Crippen molar-refractivity contribution in [2.75, 3.05) is 43.8 Å². The van der Waals surface area contributed by atoms with Crippen LogP contribution in [-0.2, 0) is 13.0 Å². The van der Waals surface area contributed by atoms with Crippen LogP contribution >= 0.6 is 0 Å². The number of nitrogens with two attached hydrogens (primary N) is 1. The Morgan fingerprint density at radius 3 is 2.39 bits per heavy atom. The van der Waals surface area contributed by atoms with E-state index >= 15 is 0 Å². The third kappa shape index (κ3) is 5.99. The van der Waals surface area contributed by atoms with E-state index in [2.05, 4.69) is 86.4 Å². The fourth-order valence-electron chi connectivity index (χ4n) is 3.94. The number of benzene rings is 2. The first kappa shape index (κ1) is 21.2. The summed E-state index contributed by atoms with van der Waals surface area (Å²) in [7, 11) is 0. The number of piperazine rings is 1. The van der Waals surface area contributed by atoms with Crippen LogP contribution in [0.4, 0.5) is 17.6 Å². The van der Waals surface area contributed by atoms with E-state index in [0.29, 0.717) is 18.3 Å². The second kappa shape index (κ2) is 9.85. The lowest BCUT2D eigenvalue weighted by atomic mass is 10.1. The normalized spacial score (nSPS) is 15.2. The summed E-state index contributed by atoms with van der Waals surface area (Å²) in [5.74, 6) is 1.45. The van der Waals surface area contributed by atoms with Gasteiger partial charge in [-0.3, -0.25) is 4.90 Å². The number of nitrogen functional groups attached to an aromatic ring is 1. The number of anilines is 3. The molecule has 0 saturated carbocycles. The number of aromatic nitrogens is 3. The minimum atomic E-state index is 0.249. The summed E-state index contributed by atoms with van der Waals surface area (Å²) >= 11 is 0. The first-order chi connectivity index (χ1) is 15.0. The minimum absolute atomic E-state index is 0.249. The molecule has 4 rings (SSSR count). The largest absolute Gasteiger partial charge is 0.368 e. The second-order valence-electron chi connectivity index (χ2n) is 8.23. The molecule has 0 aliphatic carbocycles. The number of rotatable bonds is 7. The van der Waals surface area contributed by atoms with Crippen LogP contribution in [0.2, 0.25) is 0 Å². The van der Waals surface area contributed by atoms with E-state index in [4.69, 9.17) is 5.73 Å². The van der Waals surface area contributed by atoms with Crippen molar-refractivity contribution in [3.05, 3.63) is 71.0 Å². The van der Waals surface area contributed by atoms with Crippen LogP contribution < -0.4 is 11.1 Å². The average molecular weight is 418 g/mol. The van der Waals surface area contributed by atoms with Gasteiger partial charge in [0.15, 0.2) is 0 Å². The van der Waals surface area contributed by atoms with Crippen LogP contribution in [0.3, 0.4) is 0 Å². The molecule has 7 nitrogen and oxygen atoms in total. The van der Waals surface area contributed by atoms with E-state index in [1.807, 2.05) is 6.07 Å². The first-order valence-electron chi connectivity index (χ1n) is 10.9. The molecule has 3 aromatic rings. The highest BCUT2D eigenvalue weighted by Gasteiger charge is 2.18. The molecule has 0 radical (unpaired) electrons. The molecule has 0 spiro atoms. The predicted molar refractivity (Wildman–Crippen MR) is 125 cm³/mol. The van der Waals surface area contributed by atoms with Gasteiger partial charge >= 0.3 is 0 Å². The highest BCUT2D eigenvalue weighted by Crippen LogP contribution is 2.20. The number of hydrogen-bond acceptors (Lipinski definition) is 7. The number of hydrogen-bond donors (Lipinski definition) is 2. The highest BCUT2D eigenvalue weighted by atomic mass is 15.3. The summed E-state index contributed by atoms with van der Waals surface area (Å²) in [6.07, 6.45) is 1.10. The molecule has 0 unspecified atom stereocenters. The Kier molecular flexibility index (Phi) is 6.74. The fraction of sp³-hybridized carbons (Fsp3) is 0.375. The fourth-order valence-corrected chi connectivity index (χ4v) is 3.94. The number of nitrogens with one attached hydrogen (secondary N) is 1. The van der Waals surface area contributed by atoms with E-state index in [1.165, 1.54) is 11.1 Å². The third-order valence-electron chi connectivity index (χ3n) is 5.72. The Balaban J connectivity index is 1.31.